The Morgan fingerprint density at radius 3 is 2.36 bits per heavy atom. The highest BCUT2D eigenvalue weighted by Crippen LogP contribution is 2.16. The summed E-state index contributed by atoms with van der Waals surface area (Å²) in [7, 11) is -3.53. The van der Waals surface area contributed by atoms with E-state index in [1.54, 1.807) is 29.2 Å². The van der Waals surface area contributed by atoms with Gasteiger partial charge in [0.2, 0.25) is 0 Å². The summed E-state index contributed by atoms with van der Waals surface area (Å²) < 4.78 is 27.9. The van der Waals surface area contributed by atoms with Crippen molar-refractivity contribution in [3.63, 3.8) is 0 Å². The standard InChI is InChI=1S/C18H30N2O4S/c1-5-7-12-19-18(21)20(13-15(3)4)14-16-8-10-17(11-9-16)24-25(22,23)6-2/h8-11,15H,5-7,12-14H2,1-4H3,(H,19,21). The maximum absolute atomic E-state index is 12.4. The second kappa shape index (κ2) is 10.3. The molecule has 1 rings (SSSR count). The highest BCUT2D eigenvalue weighted by Gasteiger charge is 2.15. The first-order chi connectivity index (χ1) is 11.8. The fraction of sp³-hybridized carbons (Fsp3) is 0.611. The summed E-state index contributed by atoms with van der Waals surface area (Å²) in [6.07, 6.45) is 1.99. The van der Waals surface area contributed by atoms with Gasteiger partial charge in [0.25, 0.3) is 0 Å². The van der Waals surface area contributed by atoms with Gasteiger partial charge in [-0.05, 0) is 37.0 Å². The van der Waals surface area contributed by atoms with Gasteiger partial charge >= 0.3 is 16.1 Å². The Bertz CT molecular complexity index is 627. The van der Waals surface area contributed by atoms with Crippen molar-refractivity contribution < 1.29 is 17.4 Å². The number of unbranched alkanes of at least 4 members (excludes halogenated alkanes) is 1. The van der Waals surface area contributed by atoms with Crippen molar-refractivity contribution in [2.75, 3.05) is 18.8 Å². The van der Waals surface area contributed by atoms with Crippen LogP contribution in [0.25, 0.3) is 0 Å². The number of rotatable bonds is 10. The van der Waals surface area contributed by atoms with Gasteiger partial charge in [-0.3, -0.25) is 0 Å². The number of nitrogens with one attached hydrogen (secondary N) is 1. The van der Waals surface area contributed by atoms with E-state index >= 15 is 0 Å². The van der Waals surface area contributed by atoms with Crippen molar-refractivity contribution >= 4 is 16.1 Å². The predicted molar refractivity (Wildman–Crippen MR) is 100 cm³/mol. The molecule has 0 saturated carbocycles. The van der Waals surface area contributed by atoms with Crippen molar-refractivity contribution in [1.82, 2.24) is 10.2 Å². The molecule has 0 saturated heterocycles. The lowest BCUT2D eigenvalue weighted by atomic mass is 10.1. The molecule has 0 atom stereocenters. The van der Waals surface area contributed by atoms with E-state index in [0.29, 0.717) is 25.6 Å². The van der Waals surface area contributed by atoms with Gasteiger partial charge in [0.15, 0.2) is 0 Å². The molecular formula is C18H30N2O4S. The van der Waals surface area contributed by atoms with Crippen LogP contribution >= 0.6 is 0 Å². The highest BCUT2D eigenvalue weighted by molar-refractivity contribution is 7.87. The minimum absolute atomic E-state index is 0.0731. The van der Waals surface area contributed by atoms with Crippen LogP contribution in [0.4, 0.5) is 4.79 Å². The number of hydrogen-bond donors (Lipinski definition) is 1. The molecule has 0 heterocycles. The molecule has 0 aliphatic carbocycles. The SMILES string of the molecule is CCCCNC(=O)N(Cc1ccc(OS(=O)(=O)CC)cc1)CC(C)C. The first-order valence-electron chi connectivity index (χ1n) is 8.81. The Morgan fingerprint density at radius 2 is 1.84 bits per heavy atom. The van der Waals surface area contributed by atoms with Crippen molar-refractivity contribution in [3.05, 3.63) is 29.8 Å². The molecule has 0 aliphatic heterocycles. The van der Waals surface area contributed by atoms with Gasteiger partial charge in [0.1, 0.15) is 5.75 Å². The van der Waals surface area contributed by atoms with E-state index in [4.69, 9.17) is 4.18 Å². The number of benzene rings is 1. The molecule has 0 bridgehead atoms. The average molecular weight is 371 g/mol. The quantitative estimate of drug-likeness (QED) is 0.506. The molecule has 0 aromatic heterocycles. The van der Waals surface area contributed by atoms with Crippen molar-refractivity contribution in [3.8, 4) is 5.75 Å². The van der Waals surface area contributed by atoms with E-state index in [1.807, 2.05) is 0 Å². The summed E-state index contributed by atoms with van der Waals surface area (Å²) in [5.41, 5.74) is 0.924. The Balaban J connectivity index is 2.74. The summed E-state index contributed by atoms with van der Waals surface area (Å²) in [6, 6.07) is 6.73. The third-order valence-electron chi connectivity index (χ3n) is 3.55. The smallest absolute Gasteiger partial charge is 0.317 e. The summed E-state index contributed by atoms with van der Waals surface area (Å²) in [6.45, 7) is 9.55. The van der Waals surface area contributed by atoms with Crippen LogP contribution in [0.15, 0.2) is 24.3 Å². The van der Waals surface area contributed by atoms with Crippen LogP contribution in [0.5, 0.6) is 5.75 Å². The van der Waals surface area contributed by atoms with E-state index < -0.39 is 10.1 Å². The molecule has 25 heavy (non-hydrogen) atoms. The molecule has 1 aromatic rings. The first kappa shape index (κ1) is 21.3. The third kappa shape index (κ3) is 8.25. The lowest BCUT2D eigenvalue weighted by molar-refractivity contribution is 0.187. The largest absolute Gasteiger partial charge is 0.382 e. The molecule has 0 radical (unpaired) electrons. The van der Waals surface area contributed by atoms with E-state index in [2.05, 4.69) is 26.1 Å². The van der Waals surface area contributed by atoms with Gasteiger partial charge in [-0.2, -0.15) is 8.42 Å². The number of carbonyl (C=O) groups excluding carboxylic acids is 1. The van der Waals surface area contributed by atoms with E-state index in [9.17, 15) is 13.2 Å². The Hall–Kier alpha value is -1.76. The number of hydrogen-bond acceptors (Lipinski definition) is 4. The highest BCUT2D eigenvalue weighted by atomic mass is 32.2. The Labute approximate surface area is 151 Å². The molecule has 0 spiro atoms. The van der Waals surface area contributed by atoms with Gasteiger partial charge in [-0.15, -0.1) is 0 Å². The van der Waals surface area contributed by atoms with Crippen LogP contribution in [0, 0.1) is 5.92 Å². The van der Waals surface area contributed by atoms with Crippen LogP contribution in [-0.2, 0) is 16.7 Å². The van der Waals surface area contributed by atoms with E-state index in [-0.39, 0.29) is 17.5 Å². The maximum Gasteiger partial charge on any atom is 0.317 e. The van der Waals surface area contributed by atoms with Gasteiger partial charge in [-0.25, -0.2) is 4.79 Å². The number of amides is 2. The van der Waals surface area contributed by atoms with Gasteiger partial charge < -0.3 is 14.4 Å². The fourth-order valence-corrected chi connectivity index (χ4v) is 2.74. The van der Waals surface area contributed by atoms with Crippen LogP contribution in [0.2, 0.25) is 0 Å². The average Bonchev–Trinajstić information content (AvgIpc) is 2.55. The number of carbonyl (C=O) groups is 1. The van der Waals surface area contributed by atoms with Crippen molar-refractivity contribution in [1.29, 1.82) is 0 Å². The van der Waals surface area contributed by atoms with Crippen LogP contribution in [0.3, 0.4) is 0 Å². The molecule has 1 N–H and O–H groups in total. The molecule has 6 nitrogen and oxygen atoms in total. The lowest BCUT2D eigenvalue weighted by Gasteiger charge is -2.25. The molecule has 7 heteroatoms. The zero-order chi connectivity index (χ0) is 18.9. The minimum atomic E-state index is -3.53. The van der Waals surface area contributed by atoms with Crippen LogP contribution < -0.4 is 9.50 Å². The molecule has 2 amide bonds. The monoisotopic (exact) mass is 370 g/mol. The summed E-state index contributed by atoms with van der Waals surface area (Å²) >= 11 is 0. The lowest BCUT2D eigenvalue weighted by Crippen LogP contribution is -2.41. The minimum Gasteiger partial charge on any atom is -0.382 e. The zero-order valence-corrected chi connectivity index (χ0v) is 16.4. The Kier molecular flexibility index (Phi) is 8.75. The molecule has 142 valence electrons. The van der Waals surface area contributed by atoms with Gasteiger partial charge in [0.05, 0.1) is 5.75 Å². The van der Waals surface area contributed by atoms with E-state index in [1.165, 1.54) is 6.92 Å². The van der Waals surface area contributed by atoms with Gasteiger partial charge in [-0.1, -0.05) is 39.3 Å². The number of urea groups is 1. The third-order valence-corrected chi connectivity index (χ3v) is 4.71. The molecule has 0 fully saturated rings. The molecule has 0 unspecified atom stereocenters. The predicted octanol–water partition coefficient (Wildman–Crippen LogP) is 3.38. The summed E-state index contributed by atoms with van der Waals surface area (Å²) in [4.78, 5) is 14.1. The normalized spacial score (nSPS) is 11.4. The molecule has 0 aliphatic rings. The molecular weight excluding hydrogens is 340 g/mol. The fourth-order valence-electron chi connectivity index (χ4n) is 2.22. The maximum atomic E-state index is 12.4. The van der Waals surface area contributed by atoms with Crippen molar-refractivity contribution in [2.24, 2.45) is 5.92 Å². The zero-order valence-electron chi connectivity index (χ0n) is 15.6. The second-order valence-corrected chi connectivity index (χ2v) is 8.29. The number of nitrogens with zero attached hydrogens (tertiary/aromatic N) is 1. The summed E-state index contributed by atoms with van der Waals surface area (Å²) in [5.74, 6) is 0.567. The second-order valence-electron chi connectivity index (χ2n) is 6.43. The van der Waals surface area contributed by atoms with Crippen LogP contribution in [0.1, 0.15) is 46.1 Å². The first-order valence-corrected chi connectivity index (χ1v) is 10.4. The van der Waals surface area contributed by atoms with Crippen LogP contribution in [-0.4, -0.2) is 38.2 Å². The molecule has 1 aromatic carbocycles. The van der Waals surface area contributed by atoms with Gasteiger partial charge in [0, 0.05) is 19.6 Å². The van der Waals surface area contributed by atoms with Crippen molar-refractivity contribution in [2.45, 2.75) is 47.1 Å². The Morgan fingerprint density at radius 1 is 1.20 bits per heavy atom. The van der Waals surface area contributed by atoms with E-state index in [0.717, 1.165) is 18.4 Å². The summed E-state index contributed by atoms with van der Waals surface area (Å²) in [5, 5.41) is 2.94. The topological polar surface area (TPSA) is 75.7 Å².